The van der Waals surface area contributed by atoms with Crippen LogP contribution in [0.5, 0.6) is 0 Å². The second-order valence-electron chi connectivity index (χ2n) is 8.64. The first-order valence-corrected chi connectivity index (χ1v) is 23.1. The molecule has 0 rings (SSSR count). The van der Waals surface area contributed by atoms with Crippen molar-refractivity contribution in [3.8, 4) is 0 Å². The van der Waals surface area contributed by atoms with Gasteiger partial charge in [0.25, 0.3) is 0 Å². The lowest BCUT2D eigenvalue weighted by atomic mass is 10.6. The molecule has 0 unspecified atom stereocenters. The topological polar surface area (TPSA) is 26.3 Å². The van der Waals surface area contributed by atoms with Gasteiger partial charge in [0, 0.05) is 28.9 Å². The lowest BCUT2D eigenvalue weighted by molar-refractivity contribution is -0.137. The maximum atomic E-state index is 11.8. The van der Waals surface area contributed by atoms with Gasteiger partial charge in [0.1, 0.15) is 0 Å². The maximum absolute atomic E-state index is 11.8. The lowest BCUT2D eigenvalue weighted by Crippen LogP contribution is -2.81. The fraction of sp³-hybridized carbons (Fsp3) is 0.786. The third-order valence-electron chi connectivity index (χ3n) is 4.31. The minimum absolute atomic E-state index is 0.154. The Morgan fingerprint density at radius 2 is 1.20 bits per heavy atom. The van der Waals surface area contributed by atoms with E-state index in [0.717, 1.165) is 0 Å². The molecule has 6 heteroatoms. The smallest absolute Gasteiger partial charge is 0.329 e. The summed E-state index contributed by atoms with van der Waals surface area (Å²) in [6, 6.07) is 0. The molecular weight excluding hydrogens is 312 g/mol. The number of rotatable bonds is 6. The molecule has 0 atom stereocenters. The molecule has 20 heavy (non-hydrogen) atoms. The van der Waals surface area contributed by atoms with Gasteiger partial charge in [-0.2, -0.15) is 0 Å². The van der Waals surface area contributed by atoms with E-state index in [1.165, 1.54) is 0 Å². The molecule has 0 aromatic rings. The van der Waals surface area contributed by atoms with Gasteiger partial charge in [0.2, 0.25) is 0 Å². The molecule has 0 aliphatic rings. The summed E-state index contributed by atoms with van der Waals surface area (Å²) in [6.45, 7) is 23.4. The van der Waals surface area contributed by atoms with E-state index in [-0.39, 0.29) is 5.97 Å². The predicted octanol–water partition coefficient (Wildman–Crippen LogP) is 4.34. The van der Waals surface area contributed by atoms with E-state index < -0.39 is 29.4 Å². The Labute approximate surface area is 129 Å². The first kappa shape index (κ1) is 20.1. The minimum Gasteiger partial charge on any atom is -0.463 e. The van der Waals surface area contributed by atoms with Crippen molar-refractivity contribution in [2.24, 2.45) is 0 Å². The highest BCUT2D eigenvalue weighted by atomic mass is 29.9. The van der Waals surface area contributed by atoms with E-state index in [9.17, 15) is 4.79 Å². The van der Waals surface area contributed by atoms with Crippen molar-refractivity contribution in [3.63, 3.8) is 0 Å². The molecule has 0 heterocycles. The van der Waals surface area contributed by atoms with Crippen LogP contribution in [0.4, 0.5) is 0 Å². The summed E-state index contributed by atoms with van der Waals surface area (Å²) in [4.78, 5) is 11.8. The Balaban J connectivity index is 6.00. The van der Waals surface area contributed by atoms with Crippen molar-refractivity contribution in [1.82, 2.24) is 0 Å². The number of esters is 1. The molecule has 0 amide bonds. The van der Waals surface area contributed by atoms with Gasteiger partial charge in [-0.15, -0.1) is 0 Å². The average Bonchev–Trinajstić information content (AvgIpc) is 2.11. The van der Waals surface area contributed by atoms with Crippen LogP contribution in [0.1, 0.15) is 6.92 Å². The van der Waals surface area contributed by atoms with Crippen LogP contribution in [-0.4, -0.2) is 42.0 Å². The number of hydrogen-bond acceptors (Lipinski definition) is 2. The minimum atomic E-state index is -1.56. The van der Waals surface area contributed by atoms with Gasteiger partial charge in [0.15, 0.2) is 0 Å². The third-order valence-corrected chi connectivity index (χ3v) is 75.4. The van der Waals surface area contributed by atoms with Crippen molar-refractivity contribution >= 4 is 35.4 Å². The Morgan fingerprint density at radius 1 is 0.850 bits per heavy atom. The second-order valence-corrected chi connectivity index (χ2v) is 49.2. The molecule has 0 aliphatic carbocycles. The highest BCUT2D eigenvalue weighted by Crippen LogP contribution is 2.37. The van der Waals surface area contributed by atoms with Gasteiger partial charge >= 0.3 is 5.97 Å². The molecule has 0 bridgehead atoms. The molecule has 0 aliphatic heterocycles. The second kappa shape index (κ2) is 6.46. The Bertz CT molecular complexity index is 334. The van der Waals surface area contributed by atoms with Crippen LogP contribution in [-0.2, 0) is 9.53 Å². The zero-order chi connectivity index (χ0) is 16.4. The zero-order valence-electron chi connectivity index (χ0n) is 15.2. The van der Waals surface area contributed by atoms with Crippen molar-refractivity contribution in [2.45, 2.75) is 65.8 Å². The largest absolute Gasteiger partial charge is 0.463 e. The van der Waals surface area contributed by atoms with Crippen molar-refractivity contribution in [2.75, 3.05) is 6.61 Å². The van der Waals surface area contributed by atoms with Crippen LogP contribution in [0.2, 0.25) is 58.9 Å². The fourth-order valence-corrected chi connectivity index (χ4v) is 99.4. The standard InChI is InChI=1S/C14H34O2Si4/c1-11-16-14(15)12-13-20(17(2,3)4,18(5,6)7)19(8,9)10/h12-13H,11H2,1-10H3/b13-12-. The lowest BCUT2D eigenvalue weighted by Gasteiger charge is -2.55. The van der Waals surface area contributed by atoms with Crippen LogP contribution in [0.15, 0.2) is 11.8 Å². The van der Waals surface area contributed by atoms with E-state index in [0.29, 0.717) is 6.61 Å². The van der Waals surface area contributed by atoms with Gasteiger partial charge in [-0.3, -0.25) is 0 Å². The molecule has 2 nitrogen and oxygen atoms in total. The van der Waals surface area contributed by atoms with Gasteiger partial charge < -0.3 is 4.74 Å². The Kier molecular flexibility index (Phi) is 6.48. The summed E-state index contributed by atoms with van der Waals surface area (Å²) in [6.07, 6.45) is 1.78. The van der Waals surface area contributed by atoms with E-state index in [1.807, 2.05) is 6.92 Å². The quantitative estimate of drug-likeness (QED) is 0.406. The van der Waals surface area contributed by atoms with E-state index >= 15 is 0 Å². The van der Waals surface area contributed by atoms with Crippen LogP contribution >= 0.6 is 0 Å². The van der Waals surface area contributed by atoms with Crippen molar-refractivity contribution < 1.29 is 9.53 Å². The molecule has 0 fully saturated rings. The first-order chi connectivity index (χ1) is 8.70. The van der Waals surface area contributed by atoms with E-state index in [4.69, 9.17) is 4.74 Å². The molecule has 0 aromatic carbocycles. The van der Waals surface area contributed by atoms with E-state index in [2.05, 4.69) is 64.6 Å². The van der Waals surface area contributed by atoms with Crippen LogP contribution in [0.25, 0.3) is 0 Å². The van der Waals surface area contributed by atoms with Gasteiger partial charge in [-0.1, -0.05) is 64.6 Å². The number of carbonyl (C=O) groups excluding carboxylic acids is 1. The Hall–Kier alpha value is 0.0775. The molecule has 118 valence electrons. The number of carbonyl (C=O) groups is 1. The van der Waals surface area contributed by atoms with Gasteiger partial charge in [0.05, 0.1) is 13.2 Å². The molecule has 0 saturated carbocycles. The summed E-state index contributed by atoms with van der Waals surface area (Å²) < 4.78 is 5.12. The van der Waals surface area contributed by atoms with Crippen LogP contribution in [0.3, 0.4) is 0 Å². The molecular formula is C14H34O2Si4. The summed E-state index contributed by atoms with van der Waals surface area (Å²) in [5.41, 5.74) is 2.41. The van der Waals surface area contributed by atoms with E-state index in [1.54, 1.807) is 6.08 Å². The molecule has 0 saturated heterocycles. The van der Waals surface area contributed by atoms with Crippen LogP contribution < -0.4 is 0 Å². The molecule has 0 radical (unpaired) electrons. The fourth-order valence-electron chi connectivity index (χ4n) is 4.51. The molecule has 0 spiro atoms. The Morgan fingerprint density at radius 3 is 1.45 bits per heavy atom. The summed E-state index contributed by atoms with van der Waals surface area (Å²) >= 11 is 0. The van der Waals surface area contributed by atoms with Crippen LogP contribution in [0, 0.1) is 0 Å². The summed E-state index contributed by atoms with van der Waals surface area (Å²) in [7, 11) is -3.99. The summed E-state index contributed by atoms with van der Waals surface area (Å²) in [5, 5.41) is 0. The highest BCUT2D eigenvalue weighted by Gasteiger charge is 2.59. The number of hydrogen-bond donors (Lipinski definition) is 0. The average molecular weight is 347 g/mol. The van der Waals surface area contributed by atoms with Crippen molar-refractivity contribution in [1.29, 1.82) is 0 Å². The van der Waals surface area contributed by atoms with Gasteiger partial charge in [-0.05, 0) is 6.92 Å². The van der Waals surface area contributed by atoms with Gasteiger partial charge in [-0.25, -0.2) is 4.79 Å². The predicted molar refractivity (Wildman–Crippen MR) is 102 cm³/mol. The summed E-state index contributed by atoms with van der Waals surface area (Å²) in [5.74, 6) is -0.154. The molecule has 0 N–H and O–H groups in total. The maximum Gasteiger partial charge on any atom is 0.329 e. The SMILES string of the molecule is CCOC(=O)/C=C\[Si]([Si](C)(C)C)([Si](C)(C)C)[Si](C)(C)C. The first-order valence-electron chi connectivity index (χ1n) is 7.56. The highest BCUT2D eigenvalue weighted by molar-refractivity contribution is 7.90. The molecule has 0 aromatic heterocycles. The zero-order valence-corrected chi connectivity index (χ0v) is 19.2. The normalized spacial score (nSPS) is 14.7. The third kappa shape index (κ3) is 4.05. The number of ether oxygens (including phenoxy) is 1. The van der Waals surface area contributed by atoms with Crippen molar-refractivity contribution in [3.05, 3.63) is 11.8 Å². The monoisotopic (exact) mass is 346 g/mol.